The topological polar surface area (TPSA) is 55.3 Å². The lowest BCUT2D eigenvalue weighted by molar-refractivity contribution is -0.127. The van der Waals surface area contributed by atoms with Crippen LogP contribution in [0.1, 0.15) is 24.8 Å². The first kappa shape index (κ1) is 19.2. The van der Waals surface area contributed by atoms with Gasteiger partial charge in [-0.3, -0.25) is 4.79 Å². The molecule has 1 fully saturated rings. The summed E-state index contributed by atoms with van der Waals surface area (Å²) in [7, 11) is 0. The number of rotatable bonds is 4. The number of nitrogens with zero attached hydrogens (tertiary/aromatic N) is 3. The molecular formula is C26H23N3O2. The quantitative estimate of drug-likeness (QED) is 0.451. The molecule has 0 saturated carbocycles. The highest BCUT2D eigenvalue weighted by Crippen LogP contribution is 2.35. The summed E-state index contributed by atoms with van der Waals surface area (Å²) in [6.07, 6.45) is 4.41. The van der Waals surface area contributed by atoms with Gasteiger partial charge in [-0.05, 0) is 59.5 Å². The van der Waals surface area contributed by atoms with Crippen LogP contribution in [-0.4, -0.2) is 33.9 Å². The Morgan fingerprint density at radius 1 is 1.00 bits per heavy atom. The van der Waals surface area contributed by atoms with Gasteiger partial charge < -0.3 is 9.64 Å². The van der Waals surface area contributed by atoms with Crippen LogP contribution in [0.15, 0.2) is 79.3 Å². The van der Waals surface area contributed by atoms with E-state index in [1.165, 1.54) is 5.56 Å². The van der Waals surface area contributed by atoms with Crippen molar-refractivity contribution in [1.82, 2.24) is 14.9 Å². The van der Waals surface area contributed by atoms with Crippen molar-refractivity contribution < 1.29 is 9.53 Å². The van der Waals surface area contributed by atoms with Crippen LogP contribution in [-0.2, 0) is 4.79 Å². The zero-order valence-electron chi connectivity index (χ0n) is 17.4. The van der Waals surface area contributed by atoms with E-state index in [0.29, 0.717) is 0 Å². The molecule has 1 atom stereocenters. The summed E-state index contributed by atoms with van der Waals surface area (Å²) >= 11 is 0. The van der Waals surface area contributed by atoms with Crippen LogP contribution in [0.4, 0.5) is 0 Å². The third-order valence-electron chi connectivity index (χ3n) is 5.88. The van der Waals surface area contributed by atoms with Crippen LogP contribution in [0.5, 0.6) is 11.5 Å². The number of carbonyl (C=O) groups is 1. The molecule has 1 aliphatic rings. The maximum absolute atomic E-state index is 11.8. The second-order valence-electron chi connectivity index (χ2n) is 7.92. The van der Waals surface area contributed by atoms with Gasteiger partial charge in [0.1, 0.15) is 17.8 Å². The summed E-state index contributed by atoms with van der Waals surface area (Å²) in [5, 5.41) is 1.01. The van der Waals surface area contributed by atoms with E-state index in [1.807, 2.05) is 53.6 Å². The zero-order chi connectivity index (χ0) is 21.2. The summed E-state index contributed by atoms with van der Waals surface area (Å²) in [6.45, 7) is 3.17. The van der Waals surface area contributed by atoms with Gasteiger partial charge in [-0.15, -0.1) is 0 Å². The molecule has 0 radical (unpaired) electrons. The minimum atomic E-state index is 0.131. The molecule has 31 heavy (non-hydrogen) atoms. The maximum atomic E-state index is 11.8. The van der Waals surface area contributed by atoms with E-state index >= 15 is 0 Å². The monoisotopic (exact) mass is 409 g/mol. The van der Waals surface area contributed by atoms with E-state index in [-0.39, 0.29) is 11.8 Å². The SMILES string of the molecule is CC(=O)N1CCC(c2cc(-c3ccc(Oc4ccccc4)cc3)cc3cncnc23)C1. The Balaban J connectivity index is 1.48. The molecule has 5 heteroatoms. The molecule has 2 heterocycles. The Morgan fingerprint density at radius 2 is 1.77 bits per heavy atom. The number of benzene rings is 3. The van der Waals surface area contributed by atoms with Crippen LogP contribution in [0, 0.1) is 0 Å². The van der Waals surface area contributed by atoms with Crippen LogP contribution in [0.2, 0.25) is 0 Å². The minimum absolute atomic E-state index is 0.131. The largest absolute Gasteiger partial charge is 0.457 e. The van der Waals surface area contributed by atoms with Gasteiger partial charge in [-0.1, -0.05) is 30.3 Å². The lowest BCUT2D eigenvalue weighted by atomic mass is 9.92. The fourth-order valence-corrected chi connectivity index (χ4v) is 4.25. The van der Waals surface area contributed by atoms with Crippen molar-refractivity contribution in [2.75, 3.05) is 13.1 Å². The van der Waals surface area contributed by atoms with Crippen LogP contribution < -0.4 is 4.74 Å². The molecule has 1 aromatic heterocycles. The van der Waals surface area contributed by atoms with E-state index in [2.05, 4.69) is 34.2 Å². The molecule has 1 saturated heterocycles. The van der Waals surface area contributed by atoms with E-state index in [1.54, 1.807) is 13.3 Å². The number of fused-ring (bicyclic) bond motifs is 1. The van der Waals surface area contributed by atoms with Gasteiger partial charge in [0.25, 0.3) is 0 Å². The molecule has 0 bridgehead atoms. The van der Waals surface area contributed by atoms with Crippen molar-refractivity contribution in [1.29, 1.82) is 0 Å². The zero-order valence-corrected chi connectivity index (χ0v) is 17.4. The molecule has 0 aliphatic carbocycles. The van der Waals surface area contributed by atoms with Crippen molar-refractivity contribution in [3.63, 3.8) is 0 Å². The number of hydrogen-bond acceptors (Lipinski definition) is 4. The highest BCUT2D eigenvalue weighted by Gasteiger charge is 2.27. The van der Waals surface area contributed by atoms with Crippen LogP contribution >= 0.6 is 0 Å². The number of aromatic nitrogens is 2. The predicted octanol–water partition coefficient (Wildman–Crippen LogP) is 5.42. The van der Waals surface area contributed by atoms with Gasteiger partial charge in [-0.2, -0.15) is 0 Å². The Kier molecular flexibility index (Phi) is 5.08. The molecule has 0 spiro atoms. The fraction of sp³-hybridized carbons (Fsp3) is 0.192. The van der Waals surface area contributed by atoms with Gasteiger partial charge in [0.2, 0.25) is 5.91 Å². The van der Waals surface area contributed by atoms with Crippen molar-refractivity contribution in [3.05, 3.63) is 84.8 Å². The molecule has 3 aromatic carbocycles. The van der Waals surface area contributed by atoms with E-state index in [9.17, 15) is 4.79 Å². The summed E-state index contributed by atoms with van der Waals surface area (Å²) in [5.74, 6) is 2.03. The summed E-state index contributed by atoms with van der Waals surface area (Å²) in [5.41, 5.74) is 4.38. The summed E-state index contributed by atoms with van der Waals surface area (Å²) in [4.78, 5) is 22.5. The molecular weight excluding hydrogens is 386 g/mol. The van der Waals surface area contributed by atoms with Crippen LogP contribution in [0.3, 0.4) is 0 Å². The normalized spacial score (nSPS) is 15.9. The second kappa shape index (κ2) is 8.19. The third-order valence-corrected chi connectivity index (χ3v) is 5.88. The van der Waals surface area contributed by atoms with Gasteiger partial charge in [-0.25, -0.2) is 9.97 Å². The molecule has 1 unspecified atom stereocenters. The highest BCUT2D eigenvalue weighted by atomic mass is 16.5. The average Bonchev–Trinajstić information content (AvgIpc) is 3.30. The number of amides is 1. The number of para-hydroxylation sites is 1. The lowest BCUT2D eigenvalue weighted by Gasteiger charge is -2.17. The second-order valence-corrected chi connectivity index (χ2v) is 7.92. The van der Waals surface area contributed by atoms with Crippen molar-refractivity contribution in [3.8, 4) is 22.6 Å². The van der Waals surface area contributed by atoms with Gasteiger partial charge in [0.15, 0.2) is 0 Å². The standard InChI is InChI=1S/C26H23N3O2/c1-18(30)29-12-11-20(16-29)25-14-21(13-22-15-27-17-28-26(22)25)19-7-9-24(10-8-19)31-23-5-3-2-4-6-23/h2-10,13-15,17,20H,11-12,16H2,1H3. The Morgan fingerprint density at radius 3 is 2.52 bits per heavy atom. The molecule has 4 aromatic rings. The number of carbonyl (C=O) groups excluding carboxylic acids is 1. The third kappa shape index (κ3) is 3.99. The van der Waals surface area contributed by atoms with Crippen molar-refractivity contribution >= 4 is 16.8 Å². The Labute approximate surface area is 181 Å². The molecule has 5 rings (SSSR count). The van der Waals surface area contributed by atoms with Gasteiger partial charge in [0, 0.05) is 37.5 Å². The van der Waals surface area contributed by atoms with E-state index in [4.69, 9.17) is 4.74 Å². The molecule has 0 N–H and O–H groups in total. The maximum Gasteiger partial charge on any atom is 0.219 e. The number of likely N-dealkylation sites (tertiary alicyclic amines) is 1. The molecule has 154 valence electrons. The van der Waals surface area contributed by atoms with Crippen LogP contribution in [0.25, 0.3) is 22.0 Å². The Hall–Kier alpha value is -3.73. The highest BCUT2D eigenvalue weighted by molar-refractivity contribution is 5.87. The fourth-order valence-electron chi connectivity index (χ4n) is 4.25. The summed E-state index contributed by atoms with van der Waals surface area (Å²) < 4.78 is 5.92. The first-order valence-corrected chi connectivity index (χ1v) is 10.5. The average molecular weight is 409 g/mol. The van der Waals surface area contributed by atoms with Crippen molar-refractivity contribution in [2.24, 2.45) is 0 Å². The van der Waals surface area contributed by atoms with E-state index < -0.39 is 0 Å². The minimum Gasteiger partial charge on any atom is -0.457 e. The smallest absolute Gasteiger partial charge is 0.219 e. The first-order chi connectivity index (χ1) is 15.2. The molecule has 5 nitrogen and oxygen atoms in total. The van der Waals surface area contributed by atoms with Gasteiger partial charge in [0.05, 0.1) is 5.52 Å². The summed E-state index contributed by atoms with van der Waals surface area (Å²) in [6, 6.07) is 22.2. The molecule has 1 aliphatic heterocycles. The van der Waals surface area contributed by atoms with E-state index in [0.717, 1.165) is 53.0 Å². The van der Waals surface area contributed by atoms with Gasteiger partial charge >= 0.3 is 0 Å². The van der Waals surface area contributed by atoms with Crippen molar-refractivity contribution in [2.45, 2.75) is 19.3 Å². The Bertz CT molecular complexity index is 1220. The molecule has 1 amide bonds. The lowest BCUT2D eigenvalue weighted by Crippen LogP contribution is -2.25. The number of ether oxygens (including phenoxy) is 1. The number of hydrogen-bond donors (Lipinski definition) is 0. The first-order valence-electron chi connectivity index (χ1n) is 10.5. The predicted molar refractivity (Wildman–Crippen MR) is 121 cm³/mol.